The number of amides is 3. The molecule has 0 spiro atoms. The topological polar surface area (TPSA) is 105 Å². The van der Waals surface area contributed by atoms with Gasteiger partial charge < -0.3 is 20.8 Å². The molecular weight excluding hydrogens is 272 g/mol. The molecule has 1 fully saturated rings. The molecule has 0 aromatic carbocycles. The largest absolute Gasteiger partial charge is 0.356 e. The summed E-state index contributed by atoms with van der Waals surface area (Å²) < 4.78 is 0. The lowest BCUT2D eigenvalue weighted by atomic mass is 10.0. The highest BCUT2D eigenvalue weighted by molar-refractivity contribution is 5.77. The predicted octanol–water partition coefficient (Wildman–Crippen LogP) is 0.794. The lowest BCUT2D eigenvalue weighted by Crippen LogP contribution is -2.30. The highest BCUT2D eigenvalue weighted by Gasteiger charge is 2.26. The zero-order valence-corrected chi connectivity index (χ0v) is 12.8. The van der Waals surface area contributed by atoms with Crippen LogP contribution in [0.2, 0.25) is 0 Å². The van der Waals surface area contributed by atoms with E-state index >= 15 is 0 Å². The van der Waals surface area contributed by atoms with E-state index in [1.807, 2.05) is 6.92 Å². The molecule has 0 bridgehead atoms. The molecule has 0 aromatic rings. The van der Waals surface area contributed by atoms with E-state index in [1.54, 1.807) is 0 Å². The first-order valence-corrected chi connectivity index (χ1v) is 7.79. The molecule has 21 heavy (non-hydrogen) atoms. The van der Waals surface area contributed by atoms with Gasteiger partial charge in [0.2, 0.25) is 5.91 Å². The van der Waals surface area contributed by atoms with E-state index < -0.39 is 0 Å². The third-order valence-electron chi connectivity index (χ3n) is 3.71. The molecule has 0 aromatic heterocycles. The van der Waals surface area contributed by atoms with Crippen molar-refractivity contribution >= 4 is 11.9 Å². The molecular formula is C14H28N4O3. The summed E-state index contributed by atoms with van der Waals surface area (Å²) in [5.41, 5.74) is 0. The van der Waals surface area contributed by atoms with E-state index in [0.29, 0.717) is 19.6 Å². The first-order valence-electron chi connectivity index (χ1n) is 7.79. The average molecular weight is 300 g/mol. The third-order valence-corrected chi connectivity index (χ3v) is 3.71. The smallest absolute Gasteiger partial charge is 0.315 e. The Labute approximate surface area is 126 Å². The number of carbonyl (C=O) groups excluding carboxylic acids is 2. The SMILES string of the molecule is CC1NC(=O)NC1CCCCCC(=O)NCCCCON. The monoisotopic (exact) mass is 300 g/mol. The number of hydrogen-bond acceptors (Lipinski definition) is 4. The number of nitrogens with two attached hydrogens (primary N) is 1. The lowest BCUT2D eigenvalue weighted by molar-refractivity contribution is -0.121. The summed E-state index contributed by atoms with van der Waals surface area (Å²) >= 11 is 0. The summed E-state index contributed by atoms with van der Waals surface area (Å²) in [6, 6.07) is 0.335. The normalized spacial score (nSPS) is 21.0. The van der Waals surface area contributed by atoms with Crippen molar-refractivity contribution in [3.05, 3.63) is 0 Å². The van der Waals surface area contributed by atoms with Crippen LogP contribution in [0.1, 0.15) is 51.9 Å². The molecule has 1 heterocycles. The number of nitrogens with one attached hydrogen (secondary N) is 3. The van der Waals surface area contributed by atoms with E-state index in [9.17, 15) is 9.59 Å². The Morgan fingerprint density at radius 2 is 2.05 bits per heavy atom. The number of urea groups is 1. The lowest BCUT2D eigenvalue weighted by Gasteiger charge is -2.13. The van der Waals surface area contributed by atoms with Crippen LogP contribution in [-0.4, -0.2) is 37.2 Å². The molecule has 0 aliphatic carbocycles. The van der Waals surface area contributed by atoms with Crippen LogP contribution in [0.15, 0.2) is 0 Å². The summed E-state index contributed by atoms with van der Waals surface area (Å²) in [5.74, 6) is 5.02. The maximum atomic E-state index is 11.6. The molecule has 1 aliphatic heterocycles. The highest BCUT2D eigenvalue weighted by Crippen LogP contribution is 2.11. The first kappa shape index (κ1) is 17.7. The van der Waals surface area contributed by atoms with Crippen molar-refractivity contribution in [2.45, 2.75) is 64.0 Å². The van der Waals surface area contributed by atoms with Gasteiger partial charge in [-0.3, -0.25) is 4.79 Å². The van der Waals surface area contributed by atoms with Gasteiger partial charge in [-0.2, -0.15) is 0 Å². The molecule has 1 saturated heterocycles. The molecule has 0 radical (unpaired) electrons. The quantitative estimate of drug-likeness (QED) is 0.334. The van der Waals surface area contributed by atoms with Crippen LogP contribution in [-0.2, 0) is 9.63 Å². The second-order valence-corrected chi connectivity index (χ2v) is 5.54. The molecule has 122 valence electrons. The second-order valence-electron chi connectivity index (χ2n) is 5.54. The van der Waals surface area contributed by atoms with Gasteiger partial charge in [-0.25, -0.2) is 10.7 Å². The minimum Gasteiger partial charge on any atom is -0.356 e. The van der Waals surface area contributed by atoms with Gasteiger partial charge in [0, 0.05) is 19.0 Å². The molecule has 2 unspecified atom stereocenters. The fraction of sp³-hybridized carbons (Fsp3) is 0.857. The van der Waals surface area contributed by atoms with E-state index in [4.69, 9.17) is 5.90 Å². The van der Waals surface area contributed by atoms with Crippen molar-refractivity contribution in [2.75, 3.05) is 13.2 Å². The number of unbranched alkanes of at least 4 members (excludes halogenated alkanes) is 3. The van der Waals surface area contributed by atoms with E-state index in [-0.39, 0.29) is 24.0 Å². The van der Waals surface area contributed by atoms with Crippen molar-refractivity contribution in [2.24, 2.45) is 5.90 Å². The van der Waals surface area contributed by atoms with Gasteiger partial charge in [-0.1, -0.05) is 12.8 Å². The van der Waals surface area contributed by atoms with Crippen molar-refractivity contribution in [3.63, 3.8) is 0 Å². The zero-order valence-electron chi connectivity index (χ0n) is 12.8. The molecule has 7 heteroatoms. The minimum atomic E-state index is -0.0769. The average Bonchev–Trinajstić information content (AvgIpc) is 2.76. The second kappa shape index (κ2) is 10.4. The fourth-order valence-electron chi connectivity index (χ4n) is 2.42. The number of carbonyl (C=O) groups is 2. The molecule has 3 amide bonds. The zero-order chi connectivity index (χ0) is 15.5. The molecule has 0 saturated carbocycles. The Bertz CT molecular complexity index is 325. The summed E-state index contributed by atoms with van der Waals surface area (Å²) in [5, 5.41) is 8.62. The van der Waals surface area contributed by atoms with Crippen LogP contribution >= 0.6 is 0 Å². The van der Waals surface area contributed by atoms with Crippen molar-refractivity contribution in [1.82, 2.24) is 16.0 Å². The Morgan fingerprint density at radius 3 is 2.71 bits per heavy atom. The van der Waals surface area contributed by atoms with Gasteiger partial charge in [0.05, 0.1) is 12.6 Å². The van der Waals surface area contributed by atoms with E-state index in [1.165, 1.54) is 0 Å². The van der Waals surface area contributed by atoms with Crippen molar-refractivity contribution in [1.29, 1.82) is 0 Å². The molecule has 7 nitrogen and oxygen atoms in total. The highest BCUT2D eigenvalue weighted by atomic mass is 16.6. The maximum absolute atomic E-state index is 11.6. The Morgan fingerprint density at radius 1 is 1.24 bits per heavy atom. The van der Waals surface area contributed by atoms with Gasteiger partial charge in [0.15, 0.2) is 0 Å². The molecule has 2 atom stereocenters. The van der Waals surface area contributed by atoms with Crippen molar-refractivity contribution < 1.29 is 14.4 Å². The summed E-state index contributed by atoms with van der Waals surface area (Å²) in [6.45, 7) is 3.21. The van der Waals surface area contributed by atoms with Gasteiger partial charge in [0.25, 0.3) is 0 Å². The Balaban J connectivity index is 1.91. The van der Waals surface area contributed by atoms with Crippen LogP contribution in [0.5, 0.6) is 0 Å². The number of rotatable bonds is 11. The molecule has 1 rings (SSSR count). The van der Waals surface area contributed by atoms with Crippen LogP contribution < -0.4 is 21.8 Å². The first-order chi connectivity index (χ1) is 10.1. The van der Waals surface area contributed by atoms with Crippen LogP contribution in [0.3, 0.4) is 0 Å². The van der Waals surface area contributed by atoms with Crippen LogP contribution in [0.4, 0.5) is 4.79 Å². The van der Waals surface area contributed by atoms with Gasteiger partial charge >= 0.3 is 6.03 Å². The number of hydrogen-bond donors (Lipinski definition) is 4. The predicted molar refractivity (Wildman–Crippen MR) is 80.4 cm³/mol. The Hall–Kier alpha value is -1.34. The molecule has 5 N–H and O–H groups in total. The summed E-state index contributed by atoms with van der Waals surface area (Å²) in [4.78, 5) is 27.1. The standard InChI is InChI=1S/C14H28N4O3/c1-11-12(18-14(20)17-11)7-3-2-4-8-13(19)16-9-5-6-10-21-15/h11-12H,2-10,15H2,1H3,(H,16,19)(H2,17,18,20). The maximum Gasteiger partial charge on any atom is 0.315 e. The van der Waals surface area contributed by atoms with Gasteiger partial charge in [0.1, 0.15) is 0 Å². The van der Waals surface area contributed by atoms with Crippen LogP contribution in [0, 0.1) is 0 Å². The van der Waals surface area contributed by atoms with Gasteiger partial charge in [-0.15, -0.1) is 0 Å². The van der Waals surface area contributed by atoms with Gasteiger partial charge in [-0.05, 0) is 32.6 Å². The van der Waals surface area contributed by atoms with E-state index in [0.717, 1.165) is 38.5 Å². The summed E-state index contributed by atoms with van der Waals surface area (Å²) in [7, 11) is 0. The van der Waals surface area contributed by atoms with Crippen molar-refractivity contribution in [3.8, 4) is 0 Å². The third kappa shape index (κ3) is 7.87. The van der Waals surface area contributed by atoms with E-state index in [2.05, 4.69) is 20.8 Å². The minimum absolute atomic E-state index is 0.0769. The Kier molecular flexibility index (Phi) is 8.77. The fourth-order valence-corrected chi connectivity index (χ4v) is 2.42. The molecule has 1 aliphatic rings. The van der Waals surface area contributed by atoms with Crippen LogP contribution in [0.25, 0.3) is 0 Å². The summed E-state index contributed by atoms with van der Waals surface area (Å²) in [6.07, 6.45) is 6.19.